The Morgan fingerprint density at radius 1 is 1.10 bits per heavy atom. The zero-order valence-corrected chi connectivity index (χ0v) is 17.9. The molecule has 0 aliphatic heterocycles. The van der Waals surface area contributed by atoms with Gasteiger partial charge in [-0.3, -0.25) is 14.2 Å². The lowest BCUT2D eigenvalue weighted by Crippen LogP contribution is -2.27. The Morgan fingerprint density at radius 3 is 2.65 bits per heavy atom. The van der Waals surface area contributed by atoms with E-state index in [1.54, 1.807) is 29.7 Å². The van der Waals surface area contributed by atoms with Crippen molar-refractivity contribution in [2.24, 2.45) is 0 Å². The molecule has 0 radical (unpaired) electrons. The van der Waals surface area contributed by atoms with E-state index in [0.717, 1.165) is 16.5 Å². The molecule has 2 N–H and O–H groups in total. The van der Waals surface area contributed by atoms with Crippen molar-refractivity contribution in [1.29, 1.82) is 0 Å². The Labute approximate surface area is 183 Å². The van der Waals surface area contributed by atoms with Crippen molar-refractivity contribution in [2.75, 3.05) is 11.9 Å². The van der Waals surface area contributed by atoms with Gasteiger partial charge in [0, 0.05) is 18.8 Å². The van der Waals surface area contributed by atoms with Crippen molar-refractivity contribution in [3.05, 3.63) is 77.1 Å². The van der Waals surface area contributed by atoms with E-state index in [1.165, 1.54) is 11.8 Å². The lowest BCUT2D eigenvalue weighted by molar-refractivity contribution is -0.115. The number of aliphatic hydroxyl groups excluding tert-OH is 1. The number of carbonyl (C=O) groups is 1. The first-order chi connectivity index (χ1) is 15.1. The van der Waals surface area contributed by atoms with E-state index in [9.17, 15) is 14.7 Å². The van der Waals surface area contributed by atoms with E-state index in [0.29, 0.717) is 29.0 Å². The van der Waals surface area contributed by atoms with Gasteiger partial charge < -0.3 is 10.4 Å². The average molecular weight is 434 g/mol. The van der Waals surface area contributed by atoms with Crippen molar-refractivity contribution in [3.63, 3.8) is 0 Å². The van der Waals surface area contributed by atoms with Gasteiger partial charge >= 0.3 is 0 Å². The minimum Gasteiger partial charge on any atom is -0.396 e. The number of amides is 1. The SMILES string of the molecule is CC(Sc1nc2ccccc2c(=O)n1CCCO)C(=O)Nc1ccc2ccccc2c1. The first-order valence-electron chi connectivity index (χ1n) is 10.1. The first-order valence-corrected chi connectivity index (χ1v) is 11.0. The summed E-state index contributed by atoms with van der Waals surface area (Å²) >= 11 is 1.24. The van der Waals surface area contributed by atoms with Gasteiger partial charge in [-0.25, -0.2) is 4.98 Å². The maximum atomic E-state index is 12.9. The maximum Gasteiger partial charge on any atom is 0.262 e. The largest absolute Gasteiger partial charge is 0.396 e. The molecule has 0 aliphatic rings. The van der Waals surface area contributed by atoms with Crippen LogP contribution in [0.2, 0.25) is 0 Å². The van der Waals surface area contributed by atoms with Gasteiger partial charge in [0.2, 0.25) is 5.91 Å². The lowest BCUT2D eigenvalue weighted by atomic mass is 10.1. The molecule has 1 amide bonds. The molecule has 1 aromatic heterocycles. The fourth-order valence-corrected chi connectivity index (χ4v) is 4.32. The zero-order chi connectivity index (χ0) is 21.8. The summed E-state index contributed by atoms with van der Waals surface area (Å²) in [6.07, 6.45) is 0.436. The van der Waals surface area contributed by atoms with Gasteiger partial charge in [-0.15, -0.1) is 0 Å². The molecule has 1 unspecified atom stereocenters. The third-order valence-corrected chi connectivity index (χ3v) is 6.12. The average Bonchev–Trinajstić information content (AvgIpc) is 2.79. The minimum absolute atomic E-state index is 0.0264. The molecule has 0 fully saturated rings. The molecule has 0 saturated heterocycles. The molecule has 0 saturated carbocycles. The van der Waals surface area contributed by atoms with Crippen LogP contribution in [-0.4, -0.2) is 32.4 Å². The third-order valence-electron chi connectivity index (χ3n) is 5.03. The standard InChI is InChI=1S/C24H23N3O3S/c1-16(22(29)25-19-12-11-17-7-2-3-8-18(17)15-19)31-24-26-21-10-5-4-9-20(21)23(30)27(24)13-6-14-28/h2-5,7-12,15-16,28H,6,13-14H2,1H3,(H,25,29). The van der Waals surface area contributed by atoms with Crippen LogP contribution in [0.25, 0.3) is 21.7 Å². The summed E-state index contributed by atoms with van der Waals surface area (Å²) in [5.41, 5.74) is 1.15. The normalized spacial score (nSPS) is 12.2. The summed E-state index contributed by atoms with van der Waals surface area (Å²) in [7, 11) is 0. The predicted molar refractivity (Wildman–Crippen MR) is 126 cm³/mol. The molecule has 31 heavy (non-hydrogen) atoms. The summed E-state index contributed by atoms with van der Waals surface area (Å²) < 4.78 is 1.54. The number of aliphatic hydroxyl groups is 1. The van der Waals surface area contributed by atoms with Gasteiger partial charge in [0.05, 0.1) is 16.2 Å². The smallest absolute Gasteiger partial charge is 0.262 e. The van der Waals surface area contributed by atoms with Gasteiger partial charge in [-0.2, -0.15) is 0 Å². The summed E-state index contributed by atoms with van der Waals surface area (Å²) in [4.78, 5) is 30.4. The van der Waals surface area contributed by atoms with Crippen LogP contribution in [-0.2, 0) is 11.3 Å². The molecule has 7 heteroatoms. The second-order valence-corrected chi connectivity index (χ2v) is 8.56. The van der Waals surface area contributed by atoms with E-state index < -0.39 is 5.25 Å². The van der Waals surface area contributed by atoms with Gasteiger partial charge in [-0.05, 0) is 48.4 Å². The number of nitrogens with zero attached hydrogens (tertiary/aromatic N) is 2. The highest BCUT2D eigenvalue weighted by Crippen LogP contribution is 2.25. The lowest BCUT2D eigenvalue weighted by Gasteiger charge is -2.16. The Kier molecular flexibility index (Phi) is 6.34. The number of para-hydroxylation sites is 1. The molecule has 1 heterocycles. The van der Waals surface area contributed by atoms with Crippen molar-refractivity contribution < 1.29 is 9.90 Å². The van der Waals surface area contributed by atoms with Crippen LogP contribution < -0.4 is 10.9 Å². The van der Waals surface area contributed by atoms with Crippen LogP contribution in [0.5, 0.6) is 0 Å². The van der Waals surface area contributed by atoms with Crippen molar-refractivity contribution >= 4 is 45.0 Å². The number of hydrogen-bond acceptors (Lipinski definition) is 5. The van der Waals surface area contributed by atoms with Crippen LogP contribution in [0, 0.1) is 0 Å². The fourth-order valence-electron chi connectivity index (χ4n) is 3.39. The quantitative estimate of drug-likeness (QED) is 0.339. The zero-order valence-electron chi connectivity index (χ0n) is 17.1. The molecule has 0 spiro atoms. The number of fused-ring (bicyclic) bond motifs is 2. The van der Waals surface area contributed by atoms with E-state index >= 15 is 0 Å². The summed E-state index contributed by atoms with van der Waals surface area (Å²) in [5.74, 6) is -0.170. The molecule has 0 aliphatic carbocycles. The Hall–Kier alpha value is -3.16. The van der Waals surface area contributed by atoms with Crippen LogP contribution in [0.4, 0.5) is 5.69 Å². The molecule has 1 atom stereocenters. The summed E-state index contributed by atoms with van der Waals surface area (Å²) in [6.45, 7) is 2.11. The summed E-state index contributed by atoms with van der Waals surface area (Å²) in [6, 6.07) is 20.9. The number of hydrogen-bond donors (Lipinski definition) is 2. The highest BCUT2D eigenvalue weighted by Gasteiger charge is 2.19. The number of rotatable bonds is 7. The topological polar surface area (TPSA) is 84.2 Å². The number of anilines is 1. The van der Waals surface area contributed by atoms with Crippen molar-refractivity contribution in [3.8, 4) is 0 Å². The van der Waals surface area contributed by atoms with E-state index in [1.807, 2.05) is 48.5 Å². The molecular formula is C24H23N3O3S. The predicted octanol–water partition coefficient (Wildman–Crippen LogP) is 4.05. The molecular weight excluding hydrogens is 410 g/mol. The number of benzene rings is 3. The first kappa shape index (κ1) is 21.1. The molecule has 4 aromatic rings. The second-order valence-electron chi connectivity index (χ2n) is 7.26. The minimum atomic E-state index is -0.472. The Bertz CT molecular complexity index is 1300. The van der Waals surface area contributed by atoms with Gasteiger partial charge in [0.15, 0.2) is 5.16 Å². The summed E-state index contributed by atoms with van der Waals surface area (Å²) in [5, 5.41) is 14.9. The molecule has 0 bridgehead atoms. The van der Waals surface area contributed by atoms with E-state index in [-0.39, 0.29) is 18.1 Å². The van der Waals surface area contributed by atoms with E-state index in [2.05, 4.69) is 10.3 Å². The molecule has 3 aromatic carbocycles. The fraction of sp³-hybridized carbons (Fsp3) is 0.208. The molecule has 6 nitrogen and oxygen atoms in total. The number of carbonyl (C=O) groups excluding carboxylic acids is 1. The highest BCUT2D eigenvalue weighted by molar-refractivity contribution is 8.00. The van der Waals surface area contributed by atoms with Crippen LogP contribution in [0.15, 0.2) is 76.7 Å². The van der Waals surface area contributed by atoms with Gasteiger partial charge in [0.25, 0.3) is 5.56 Å². The number of aromatic nitrogens is 2. The number of thioether (sulfide) groups is 1. The maximum absolute atomic E-state index is 12.9. The van der Waals surface area contributed by atoms with Crippen LogP contribution in [0.3, 0.4) is 0 Å². The molecule has 4 rings (SSSR count). The monoisotopic (exact) mass is 433 g/mol. The second kappa shape index (κ2) is 9.32. The third kappa shape index (κ3) is 4.62. The van der Waals surface area contributed by atoms with Gasteiger partial charge in [-0.1, -0.05) is 54.2 Å². The molecule has 158 valence electrons. The van der Waals surface area contributed by atoms with Crippen molar-refractivity contribution in [1.82, 2.24) is 9.55 Å². The Balaban J connectivity index is 1.58. The number of nitrogens with one attached hydrogen (secondary N) is 1. The van der Waals surface area contributed by atoms with Gasteiger partial charge in [0.1, 0.15) is 0 Å². The van der Waals surface area contributed by atoms with Crippen LogP contribution in [0.1, 0.15) is 13.3 Å². The van der Waals surface area contributed by atoms with E-state index in [4.69, 9.17) is 0 Å². The van der Waals surface area contributed by atoms with Crippen LogP contribution >= 0.6 is 11.8 Å². The highest BCUT2D eigenvalue weighted by atomic mass is 32.2. The van der Waals surface area contributed by atoms with Crippen molar-refractivity contribution in [2.45, 2.75) is 30.3 Å². The Morgan fingerprint density at radius 2 is 1.84 bits per heavy atom.